The Balaban J connectivity index is 1.98. The Morgan fingerprint density at radius 3 is 3.18 bits per heavy atom. The molecule has 1 aliphatic carbocycles. The zero-order valence-electron chi connectivity index (χ0n) is 6.71. The van der Waals surface area contributed by atoms with Gasteiger partial charge in [-0.3, -0.25) is 4.79 Å². The minimum atomic E-state index is 0.282. The van der Waals surface area contributed by atoms with Crippen LogP contribution in [0.4, 0.5) is 0 Å². The van der Waals surface area contributed by atoms with E-state index in [0.717, 1.165) is 19.4 Å². The number of hydrogen-bond acceptors (Lipinski definition) is 2. The van der Waals surface area contributed by atoms with Crippen molar-refractivity contribution in [1.82, 2.24) is 0 Å². The highest BCUT2D eigenvalue weighted by atomic mass is 16.5. The maximum absolute atomic E-state index is 11.0. The van der Waals surface area contributed by atoms with E-state index >= 15 is 0 Å². The van der Waals surface area contributed by atoms with Gasteiger partial charge in [-0.2, -0.15) is 0 Å². The maximum atomic E-state index is 11.0. The van der Waals surface area contributed by atoms with Crippen LogP contribution in [0.1, 0.15) is 32.1 Å². The third-order valence-electron chi connectivity index (χ3n) is 2.80. The Hall–Kier alpha value is -0.370. The molecular weight excluding hydrogens is 140 g/mol. The van der Waals surface area contributed by atoms with E-state index in [4.69, 9.17) is 4.74 Å². The molecule has 1 saturated heterocycles. The first-order valence-electron chi connectivity index (χ1n) is 4.49. The molecule has 1 aliphatic heterocycles. The molecule has 0 aromatic carbocycles. The van der Waals surface area contributed by atoms with Crippen molar-refractivity contribution >= 4 is 5.78 Å². The van der Waals surface area contributed by atoms with Crippen LogP contribution in [0.3, 0.4) is 0 Å². The fraction of sp³-hybridized carbons (Fsp3) is 0.889. The molecule has 1 saturated carbocycles. The van der Waals surface area contributed by atoms with Crippen molar-refractivity contribution in [3.63, 3.8) is 0 Å². The molecule has 1 heterocycles. The molecule has 0 spiro atoms. The van der Waals surface area contributed by atoms with Crippen LogP contribution in [0.5, 0.6) is 0 Å². The number of carbonyl (C=O) groups is 1. The smallest absolute Gasteiger partial charge is 0.135 e. The molecule has 2 atom stereocenters. The number of fused-ring (bicyclic) bond motifs is 1. The number of ether oxygens (including phenoxy) is 1. The molecule has 2 nitrogen and oxygen atoms in total. The Morgan fingerprint density at radius 2 is 2.27 bits per heavy atom. The summed E-state index contributed by atoms with van der Waals surface area (Å²) in [7, 11) is 0. The lowest BCUT2D eigenvalue weighted by molar-refractivity contribution is -0.130. The van der Waals surface area contributed by atoms with Crippen molar-refractivity contribution in [3.05, 3.63) is 0 Å². The second kappa shape index (κ2) is 2.94. The minimum absolute atomic E-state index is 0.282. The van der Waals surface area contributed by atoms with Gasteiger partial charge >= 0.3 is 0 Å². The van der Waals surface area contributed by atoms with Crippen molar-refractivity contribution in [2.75, 3.05) is 6.61 Å². The monoisotopic (exact) mass is 154 g/mol. The first-order valence-corrected chi connectivity index (χ1v) is 4.49. The summed E-state index contributed by atoms with van der Waals surface area (Å²) >= 11 is 0. The van der Waals surface area contributed by atoms with Crippen LogP contribution in [0.2, 0.25) is 0 Å². The van der Waals surface area contributed by atoms with Gasteiger partial charge in [0.1, 0.15) is 5.78 Å². The summed E-state index contributed by atoms with van der Waals surface area (Å²) in [6, 6.07) is 0. The van der Waals surface area contributed by atoms with Gasteiger partial charge in [0.2, 0.25) is 0 Å². The van der Waals surface area contributed by atoms with E-state index in [1.807, 2.05) is 0 Å². The van der Waals surface area contributed by atoms with Crippen molar-refractivity contribution in [2.45, 2.75) is 38.2 Å². The quantitative estimate of drug-likeness (QED) is 0.529. The number of hydrogen-bond donors (Lipinski definition) is 0. The van der Waals surface area contributed by atoms with Gasteiger partial charge in [0.25, 0.3) is 0 Å². The lowest BCUT2D eigenvalue weighted by Crippen LogP contribution is -2.35. The third-order valence-corrected chi connectivity index (χ3v) is 2.80. The summed E-state index contributed by atoms with van der Waals surface area (Å²) in [5.41, 5.74) is 0. The predicted octanol–water partition coefficient (Wildman–Crippen LogP) is 1.53. The molecule has 0 radical (unpaired) electrons. The van der Waals surface area contributed by atoms with Gasteiger partial charge in [0.15, 0.2) is 0 Å². The van der Waals surface area contributed by atoms with Crippen molar-refractivity contribution in [2.24, 2.45) is 5.92 Å². The summed E-state index contributed by atoms with van der Waals surface area (Å²) in [5.74, 6) is 1.09. The molecule has 2 aliphatic rings. The van der Waals surface area contributed by atoms with Crippen LogP contribution in [0.15, 0.2) is 0 Å². The highest BCUT2D eigenvalue weighted by Crippen LogP contribution is 2.31. The van der Waals surface area contributed by atoms with Gasteiger partial charge in [-0.25, -0.2) is 0 Å². The lowest BCUT2D eigenvalue weighted by atomic mass is 9.81. The van der Waals surface area contributed by atoms with Crippen molar-refractivity contribution in [1.29, 1.82) is 0 Å². The standard InChI is InChI=1S/C9H14O2/c10-8-4-3-7-2-1-5-11-9(7)6-8/h7,9H,1-6H2/t7-,9-/m0/s1. The van der Waals surface area contributed by atoms with E-state index < -0.39 is 0 Å². The SMILES string of the molecule is O=C1CC[C@@H]2CCCO[C@H]2C1. The molecule has 0 unspecified atom stereocenters. The van der Waals surface area contributed by atoms with Gasteiger partial charge in [0.05, 0.1) is 6.10 Å². The van der Waals surface area contributed by atoms with Crippen LogP contribution in [-0.2, 0) is 9.53 Å². The number of Topliss-reactive ketones (excluding diaryl/α,β-unsaturated/α-hetero) is 1. The highest BCUT2D eigenvalue weighted by Gasteiger charge is 2.31. The minimum Gasteiger partial charge on any atom is -0.377 e. The van der Waals surface area contributed by atoms with E-state index in [2.05, 4.69) is 0 Å². The van der Waals surface area contributed by atoms with E-state index in [1.54, 1.807) is 0 Å². The Bertz CT molecular complexity index is 165. The molecule has 11 heavy (non-hydrogen) atoms. The highest BCUT2D eigenvalue weighted by molar-refractivity contribution is 5.79. The fourth-order valence-corrected chi connectivity index (χ4v) is 2.13. The van der Waals surface area contributed by atoms with Gasteiger partial charge in [-0.15, -0.1) is 0 Å². The molecule has 62 valence electrons. The van der Waals surface area contributed by atoms with E-state index in [-0.39, 0.29) is 6.10 Å². The predicted molar refractivity (Wildman–Crippen MR) is 41.3 cm³/mol. The van der Waals surface area contributed by atoms with Crippen LogP contribution in [0.25, 0.3) is 0 Å². The average Bonchev–Trinajstić information content (AvgIpc) is 2.04. The zero-order valence-corrected chi connectivity index (χ0v) is 6.71. The zero-order chi connectivity index (χ0) is 7.68. The second-order valence-electron chi connectivity index (χ2n) is 3.59. The largest absolute Gasteiger partial charge is 0.377 e. The normalized spacial score (nSPS) is 38.4. The van der Waals surface area contributed by atoms with Crippen LogP contribution in [-0.4, -0.2) is 18.5 Å². The molecule has 0 aromatic rings. The number of carbonyl (C=O) groups excluding carboxylic acids is 1. The first-order chi connectivity index (χ1) is 5.36. The molecule has 0 N–H and O–H groups in total. The van der Waals surface area contributed by atoms with E-state index in [1.165, 1.54) is 12.8 Å². The molecule has 0 aromatic heterocycles. The van der Waals surface area contributed by atoms with Crippen molar-refractivity contribution < 1.29 is 9.53 Å². The van der Waals surface area contributed by atoms with E-state index in [9.17, 15) is 4.79 Å². The summed E-state index contributed by atoms with van der Waals surface area (Å²) in [4.78, 5) is 11.0. The number of rotatable bonds is 0. The fourth-order valence-electron chi connectivity index (χ4n) is 2.13. The Morgan fingerprint density at radius 1 is 1.36 bits per heavy atom. The lowest BCUT2D eigenvalue weighted by Gasteiger charge is -2.34. The average molecular weight is 154 g/mol. The molecule has 2 fully saturated rings. The summed E-state index contributed by atoms with van der Waals surface area (Å²) in [6.07, 6.45) is 5.30. The summed E-state index contributed by atoms with van der Waals surface area (Å²) in [6.45, 7) is 0.869. The van der Waals surface area contributed by atoms with Gasteiger partial charge in [-0.1, -0.05) is 0 Å². The van der Waals surface area contributed by atoms with Crippen LogP contribution in [0, 0.1) is 5.92 Å². The molecule has 0 amide bonds. The third kappa shape index (κ3) is 1.45. The van der Waals surface area contributed by atoms with Gasteiger partial charge < -0.3 is 4.74 Å². The maximum Gasteiger partial charge on any atom is 0.135 e. The molecule has 2 heteroatoms. The number of ketones is 1. The second-order valence-corrected chi connectivity index (χ2v) is 3.59. The van der Waals surface area contributed by atoms with E-state index in [0.29, 0.717) is 18.1 Å². The van der Waals surface area contributed by atoms with Crippen LogP contribution < -0.4 is 0 Å². The molecule has 0 bridgehead atoms. The molecule has 2 rings (SSSR count). The first kappa shape index (κ1) is 7.29. The van der Waals surface area contributed by atoms with Gasteiger partial charge in [-0.05, 0) is 25.2 Å². The van der Waals surface area contributed by atoms with Crippen LogP contribution >= 0.6 is 0 Å². The topological polar surface area (TPSA) is 26.3 Å². The Kier molecular flexibility index (Phi) is 1.95. The summed E-state index contributed by atoms with van der Waals surface area (Å²) in [5, 5.41) is 0. The van der Waals surface area contributed by atoms with Crippen molar-refractivity contribution in [3.8, 4) is 0 Å². The van der Waals surface area contributed by atoms with Gasteiger partial charge in [0, 0.05) is 19.4 Å². The molecular formula is C9H14O2. The summed E-state index contributed by atoms with van der Waals surface area (Å²) < 4.78 is 5.53. The Labute approximate surface area is 66.9 Å².